The monoisotopic (exact) mass is 459 g/mol. The van der Waals surface area contributed by atoms with Gasteiger partial charge in [0.2, 0.25) is 0 Å². The predicted octanol–water partition coefficient (Wildman–Crippen LogP) is 4.30. The molecule has 0 radical (unpaired) electrons. The number of ether oxygens (including phenoxy) is 1. The quantitative estimate of drug-likeness (QED) is 0.260. The maximum Gasteiger partial charge on any atom is 0.412 e. The summed E-state index contributed by atoms with van der Waals surface area (Å²) in [6, 6.07) is 19.4. The summed E-state index contributed by atoms with van der Waals surface area (Å²) >= 11 is 0. The minimum atomic E-state index is -1.14. The van der Waals surface area contributed by atoms with Crippen molar-refractivity contribution in [3.8, 4) is 22.6 Å². The van der Waals surface area contributed by atoms with Crippen molar-refractivity contribution in [2.45, 2.75) is 12.5 Å². The molecule has 0 aliphatic carbocycles. The number of aromatic hydroxyl groups is 1. The standard InChI is InChI=1S/C26H25N3O5/c1-28-21-14-19(24(30)18-9-5-4-8-17(18)21)23-16-7-3-2-6-15(16)10-11-22(23)34-26(33)29-13-12-20(27)25(31)32/h2-11,14,20,28,30H,12-13,27H2,1H3,(H,29,33)(H,31,32). The fourth-order valence-corrected chi connectivity index (χ4v) is 3.96. The van der Waals surface area contributed by atoms with Gasteiger partial charge in [-0.15, -0.1) is 0 Å². The molecule has 1 amide bonds. The van der Waals surface area contributed by atoms with Crippen molar-refractivity contribution in [1.82, 2.24) is 5.32 Å². The van der Waals surface area contributed by atoms with Gasteiger partial charge < -0.3 is 31.3 Å². The molecule has 0 bridgehead atoms. The maximum atomic E-state index is 12.5. The number of amides is 1. The summed E-state index contributed by atoms with van der Waals surface area (Å²) in [4.78, 5) is 23.4. The van der Waals surface area contributed by atoms with Gasteiger partial charge in [0, 0.05) is 41.2 Å². The Balaban J connectivity index is 1.78. The lowest BCUT2D eigenvalue weighted by Crippen LogP contribution is -2.36. The van der Waals surface area contributed by atoms with Crippen LogP contribution < -0.4 is 21.1 Å². The number of carbonyl (C=O) groups excluding carboxylic acids is 1. The zero-order valence-corrected chi connectivity index (χ0v) is 18.5. The number of phenols is 1. The summed E-state index contributed by atoms with van der Waals surface area (Å²) in [5.41, 5.74) is 7.37. The number of anilines is 1. The first-order valence-electron chi connectivity index (χ1n) is 10.8. The van der Waals surface area contributed by atoms with Crippen molar-refractivity contribution in [1.29, 1.82) is 0 Å². The zero-order chi connectivity index (χ0) is 24.2. The third kappa shape index (κ3) is 4.44. The number of rotatable bonds is 7. The molecule has 0 fully saturated rings. The van der Waals surface area contributed by atoms with Gasteiger partial charge in [0.05, 0.1) is 0 Å². The minimum Gasteiger partial charge on any atom is -0.507 e. The second-order valence-corrected chi connectivity index (χ2v) is 7.83. The molecule has 0 aromatic heterocycles. The number of carboxylic acid groups (broad SMARTS) is 1. The molecule has 8 nitrogen and oxygen atoms in total. The number of phenolic OH excluding ortho intramolecular Hbond substituents is 1. The van der Waals surface area contributed by atoms with E-state index in [9.17, 15) is 14.7 Å². The van der Waals surface area contributed by atoms with E-state index in [0.29, 0.717) is 16.5 Å². The fourth-order valence-electron chi connectivity index (χ4n) is 3.96. The van der Waals surface area contributed by atoms with E-state index < -0.39 is 18.1 Å². The van der Waals surface area contributed by atoms with Gasteiger partial charge in [-0.3, -0.25) is 4.79 Å². The number of nitrogens with two attached hydrogens (primary N) is 1. The summed E-state index contributed by atoms with van der Waals surface area (Å²) in [7, 11) is 1.80. The van der Waals surface area contributed by atoms with E-state index in [2.05, 4.69) is 10.6 Å². The molecule has 8 heteroatoms. The first kappa shape index (κ1) is 22.9. The number of fused-ring (bicyclic) bond motifs is 2. The molecule has 6 N–H and O–H groups in total. The third-order valence-corrected chi connectivity index (χ3v) is 5.69. The molecule has 4 aromatic carbocycles. The Kier molecular flexibility index (Phi) is 6.51. The number of hydrogen-bond donors (Lipinski definition) is 5. The van der Waals surface area contributed by atoms with Crippen LogP contribution in [0.25, 0.3) is 32.7 Å². The highest BCUT2D eigenvalue weighted by Crippen LogP contribution is 2.46. The molecule has 4 rings (SSSR count). The van der Waals surface area contributed by atoms with E-state index in [-0.39, 0.29) is 24.5 Å². The lowest BCUT2D eigenvalue weighted by Gasteiger charge is -2.18. The van der Waals surface area contributed by atoms with Gasteiger partial charge in [0.15, 0.2) is 0 Å². The van der Waals surface area contributed by atoms with E-state index in [4.69, 9.17) is 15.6 Å². The number of carbonyl (C=O) groups is 2. The van der Waals surface area contributed by atoms with Gasteiger partial charge in [-0.05, 0) is 29.3 Å². The molecule has 174 valence electrons. The zero-order valence-electron chi connectivity index (χ0n) is 18.5. The first-order valence-corrected chi connectivity index (χ1v) is 10.8. The number of benzene rings is 4. The van der Waals surface area contributed by atoms with Crippen molar-refractivity contribution in [2.75, 3.05) is 18.9 Å². The molecule has 0 heterocycles. The van der Waals surface area contributed by atoms with Crippen LogP contribution in [0.2, 0.25) is 0 Å². The van der Waals surface area contributed by atoms with Crippen LogP contribution in [-0.4, -0.2) is 41.9 Å². The van der Waals surface area contributed by atoms with Crippen molar-refractivity contribution in [3.63, 3.8) is 0 Å². The second-order valence-electron chi connectivity index (χ2n) is 7.83. The number of nitrogens with one attached hydrogen (secondary N) is 2. The molecule has 1 atom stereocenters. The average Bonchev–Trinajstić information content (AvgIpc) is 2.84. The average molecular weight is 460 g/mol. The van der Waals surface area contributed by atoms with Gasteiger partial charge in [-0.2, -0.15) is 0 Å². The Morgan fingerprint density at radius 1 is 1.00 bits per heavy atom. The van der Waals surface area contributed by atoms with Crippen LogP contribution in [0.1, 0.15) is 6.42 Å². The van der Waals surface area contributed by atoms with E-state index >= 15 is 0 Å². The molecular weight excluding hydrogens is 434 g/mol. The minimum absolute atomic E-state index is 0.0420. The Morgan fingerprint density at radius 2 is 1.68 bits per heavy atom. The van der Waals surface area contributed by atoms with E-state index in [1.54, 1.807) is 13.1 Å². The molecule has 0 aliphatic rings. The SMILES string of the molecule is CNc1cc(-c2c(OC(=O)NCCC(N)C(=O)O)ccc3ccccc23)c(O)c2ccccc12. The van der Waals surface area contributed by atoms with Crippen molar-refractivity contribution < 1.29 is 24.5 Å². The van der Waals surface area contributed by atoms with Crippen molar-refractivity contribution in [3.05, 3.63) is 66.7 Å². The predicted molar refractivity (Wildman–Crippen MR) is 132 cm³/mol. The highest BCUT2D eigenvalue weighted by molar-refractivity contribution is 6.08. The van der Waals surface area contributed by atoms with E-state index in [1.807, 2.05) is 60.7 Å². The lowest BCUT2D eigenvalue weighted by molar-refractivity contribution is -0.138. The Hall–Kier alpha value is -4.30. The van der Waals surface area contributed by atoms with Crippen molar-refractivity contribution in [2.24, 2.45) is 5.73 Å². The largest absolute Gasteiger partial charge is 0.507 e. The number of hydrogen-bond acceptors (Lipinski definition) is 6. The normalized spacial score (nSPS) is 11.8. The Bertz CT molecular complexity index is 1390. The number of aliphatic carboxylic acids is 1. The van der Waals surface area contributed by atoms with Gasteiger partial charge in [-0.1, -0.05) is 54.6 Å². The summed E-state index contributed by atoms with van der Waals surface area (Å²) in [6.07, 6.45) is -0.685. The summed E-state index contributed by atoms with van der Waals surface area (Å²) < 4.78 is 5.62. The highest BCUT2D eigenvalue weighted by atomic mass is 16.6. The molecule has 4 aromatic rings. The van der Waals surface area contributed by atoms with Crippen LogP contribution >= 0.6 is 0 Å². The summed E-state index contributed by atoms with van der Waals surface area (Å²) in [6.45, 7) is 0.0420. The van der Waals surface area contributed by atoms with Crippen LogP contribution in [0.3, 0.4) is 0 Å². The Morgan fingerprint density at radius 3 is 2.38 bits per heavy atom. The second kappa shape index (κ2) is 9.68. The molecular formula is C26H25N3O5. The molecule has 0 spiro atoms. The summed E-state index contributed by atoms with van der Waals surface area (Å²) in [5.74, 6) is -0.811. The van der Waals surface area contributed by atoms with Crippen LogP contribution in [-0.2, 0) is 4.79 Å². The molecule has 0 aliphatic heterocycles. The van der Waals surface area contributed by atoms with Gasteiger partial charge in [0.1, 0.15) is 17.5 Å². The van der Waals surface area contributed by atoms with Gasteiger partial charge in [-0.25, -0.2) is 4.79 Å². The van der Waals surface area contributed by atoms with Crippen LogP contribution in [0.15, 0.2) is 66.7 Å². The first-order chi connectivity index (χ1) is 16.4. The van der Waals surface area contributed by atoms with Gasteiger partial charge >= 0.3 is 12.1 Å². The van der Waals surface area contributed by atoms with Crippen LogP contribution in [0.4, 0.5) is 10.5 Å². The van der Waals surface area contributed by atoms with Crippen LogP contribution in [0, 0.1) is 0 Å². The van der Waals surface area contributed by atoms with Crippen molar-refractivity contribution >= 4 is 39.3 Å². The molecule has 0 saturated heterocycles. The lowest BCUT2D eigenvalue weighted by atomic mass is 9.93. The topological polar surface area (TPSA) is 134 Å². The van der Waals surface area contributed by atoms with Gasteiger partial charge in [0.25, 0.3) is 0 Å². The van der Waals surface area contributed by atoms with Crippen LogP contribution in [0.5, 0.6) is 11.5 Å². The van der Waals surface area contributed by atoms with E-state index in [0.717, 1.165) is 21.8 Å². The smallest absolute Gasteiger partial charge is 0.412 e. The molecule has 1 unspecified atom stereocenters. The summed E-state index contributed by atoms with van der Waals surface area (Å²) in [5, 5.41) is 29.1. The highest BCUT2D eigenvalue weighted by Gasteiger charge is 2.20. The molecule has 34 heavy (non-hydrogen) atoms. The third-order valence-electron chi connectivity index (χ3n) is 5.69. The number of carboxylic acids is 1. The Labute approximate surface area is 196 Å². The fraction of sp³-hybridized carbons (Fsp3) is 0.154. The molecule has 0 saturated carbocycles. The van der Waals surface area contributed by atoms with E-state index in [1.165, 1.54) is 0 Å². The maximum absolute atomic E-state index is 12.5.